The molecule has 5 heteroatoms. The van der Waals surface area contributed by atoms with E-state index in [1.54, 1.807) is 14.2 Å². The Hall–Kier alpha value is -0.620. The fourth-order valence-electron chi connectivity index (χ4n) is 1.97. The van der Waals surface area contributed by atoms with Crippen LogP contribution in [-0.2, 0) is 16.1 Å². The number of anilines is 1. The van der Waals surface area contributed by atoms with Crippen molar-refractivity contribution in [1.82, 2.24) is 0 Å². The van der Waals surface area contributed by atoms with Crippen LogP contribution in [0.3, 0.4) is 0 Å². The first-order chi connectivity index (χ1) is 9.22. The van der Waals surface area contributed by atoms with Gasteiger partial charge in [0.1, 0.15) is 0 Å². The number of hydrogen-bond donors (Lipinski definition) is 2. The lowest BCUT2D eigenvalue weighted by molar-refractivity contribution is 0.180. The predicted octanol–water partition coefficient (Wildman–Crippen LogP) is 2.76. The second-order valence-electron chi connectivity index (χ2n) is 4.43. The third kappa shape index (κ3) is 5.48. The number of benzene rings is 1. The highest BCUT2D eigenvalue weighted by molar-refractivity contribution is 9.10. The van der Waals surface area contributed by atoms with Crippen LogP contribution in [-0.4, -0.2) is 33.4 Å². The number of halogens is 1. The summed E-state index contributed by atoms with van der Waals surface area (Å²) in [4.78, 5) is 0. The van der Waals surface area contributed by atoms with Crippen LogP contribution in [0.4, 0.5) is 5.69 Å². The Morgan fingerprint density at radius 2 is 2.11 bits per heavy atom. The molecule has 0 aliphatic heterocycles. The molecule has 1 unspecified atom stereocenters. The minimum Gasteiger partial charge on any atom is -0.383 e. The number of methoxy groups -OCH3 is 2. The largest absolute Gasteiger partial charge is 0.383 e. The molecule has 0 saturated carbocycles. The smallest absolute Gasteiger partial charge is 0.0744 e. The first kappa shape index (κ1) is 16.4. The number of nitrogens with two attached hydrogens (primary N) is 1. The van der Waals surface area contributed by atoms with Crippen molar-refractivity contribution in [1.29, 1.82) is 0 Å². The van der Waals surface area contributed by atoms with Gasteiger partial charge in [-0.25, -0.2) is 0 Å². The Bertz CT molecular complexity index is 374. The zero-order valence-corrected chi connectivity index (χ0v) is 13.2. The molecule has 0 amide bonds. The first-order valence-corrected chi connectivity index (χ1v) is 7.24. The topological polar surface area (TPSA) is 56.5 Å². The van der Waals surface area contributed by atoms with Gasteiger partial charge in [-0.2, -0.15) is 0 Å². The SMILES string of the molecule is COCc1c(Br)cccc1NC(CCCN)COC. The summed E-state index contributed by atoms with van der Waals surface area (Å²) in [5, 5.41) is 3.52. The molecule has 0 aliphatic carbocycles. The van der Waals surface area contributed by atoms with Crippen LogP contribution >= 0.6 is 15.9 Å². The Balaban J connectivity index is 2.79. The highest BCUT2D eigenvalue weighted by Gasteiger charge is 2.12. The third-order valence-corrected chi connectivity index (χ3v) is 3.63. The lowest BCUT2D eigenvalue weighted by Crippen LogP contribution is -2.26. The van der Waals surface area contributed by atoms with E-state index in [2.05, 4.69) is 27.3 Å². The number of nitrogens with one attached hydrogen (secondary N) is 1. The quantitative estimate of drug-likeness (QED) is 0.731. The molecular weight excluding hydrogens is 308 g/mol. The molecule has 1 rings (SSSR count). The second kappa shape index (κ2) is 9.31. The van der Waals surface area contributed by atoms with Crippen molar-refractivity contribution < 1.29 is 9.47 Å². The maximum atomic E-state index is 5.57. The predicted molar refractivity (Wildman–Crippen MR) is 82.4 cm³/mol. The van der Waals surface area contributed by atoms with Crippen molar-refractivity contribution in [2.75, 3.05) is 32.7 Å². The molecule has 0 fully saturated rings. The molecule has 0 aliphatic rings. The van der Waals surface area contributed by atoms with Gasteiger partial charge in [0, 0.05) is 36.0 Å². The van der Waals surface area contributed by atoms with Crippen LogP contribution in [0.15, 0.2) is 22.7 Å². The monoisotopic (exact) mass is 330 g/mol. The summed E-state index contributed by atoms with van der Waals surface area (Å²) in [6.45, 7) is 1.94. The van der Waals surface area contributed by atoms with E-state index in [0.29, 0.717) is 19.8 Å². The summed E-state index contributed by atoms with van der Waals surface area (Å²) in [6.07, 6.45) is 1.97. The van der Waals surface area contributed by atoms with E-state index in [4.69, 9.17) is 15.2 Å². The van der Waals surface area contributed by atoms with E-state index in [9.17, 15) is 0 Å². The van der Waals surface area contributed by atoms with Crippen LogP contribution in [0.2, 0.25) is 0 Å². The Morgan fingerprint density at radius 3 is 2.74 bits per heavy atom. The van der Waals surface area contributed by atoms with Gasteiger partial charge in [-0.3, -0.25) is 0 Å². The number of ether oxygens (including phenoxy) is 2. The molecule has 0 spiro atoms. The Labute approximate surface area is 123 Å². The van der Waals surface area contributed by atoms with Crippen LogP contribution in [0.5, 0.6) is 0 Å². The van der Waals surface area contributed by atoms with Crippen molar-refractivity contribution in [3.05, 3.63) is 28.2 Å². The summed E-state index contributed by atoms with van der Waals surface area (Å²) >= 11 is 3.56. The van der Waals surface area contributed by atoms with Crippen molar-refractivity contribution in [3.8, 4) is 0 Å². The van der Waals surface area contributed by atoms with E-state index in [-0.39, 0.29) is 6.04 Å². The van der Waals surface area contributed by atoms with Gasteiger partial charge in [-0.05, 0) is 31.5 Å². The minimum absolute atomic E-state index is 0.262. The van der Waals surface area contributed by atoms with Crippen LogP contribution < -0.4 is 11.1 Å². The molecule has 0 aromatic heterocycles. The first-order valence-electron chi connectivity index (χ1n) is 6.44. The second-order valence-corrected chi connectivity index (χ2v) is 5.28. The maximum absolute atomic E-state index is 5.57. The minimum atomic E-state index is 0.262. The lowest BCUT2D eigenvalue weighted by Gasteiger charge is -2.21. The molecule has 1 aromatic rings. The molecule has 0 radical (unpaired) electrons. The van der Waals surface area contributed by atoms with Gasteiger partial charge >= 0.3 is 0 Å². The van der Waals surface area contributed by atoms with Crippen molar-refractivity contribution >= 4 is 21.6 Å². The number of hydrogen-bond acceptors (Lipinski definition) is 4. The lowest BCUT2D eigenvalue weighted by atomic mass is 10.1. The Morgan fingerprint density at radius 1 is 1.32 bits per heavy atom. The summed E-state index contributed by atoms with van der Waals surface area (Å²) in [6, 6.07) is 6.35. The summed E-state index contributed by atoms with van der Waals surface area (Å²) in [7, 11) is 3.42. The van der Waals surface area contributed by atoms with E-state index in [1.807, 2.05) is 12.1 Å². The zero-order valence-electron chi connectivity index (χ0n) is 11.6. The average Bonchev–Trinajstić information content (AvgIpc) is 2.40. The van der Waals surface area contributed by atoms with E-state index >= 15 is 0 Å². The average molecular weight is 331 g/mol. The standard InChI is InChI=1S/C14H23BrN2O2/c1-18-9-11(5-4-8-16)17-14-7-3-6-13(15)12(14)10-19-2/h3,6-7,11,17H,4-5,8-10,16H2,1-2H3. The van der Waals surface area contributed by atoms with Gasteiger partial charge in [0.25, 0.3) is 0 Å². The zero-order chi connectivity index (χ0) is 14.1. The van der Waals surface area contributed by atoms with Crippen LogP contribution in [0.1, 0.15) is 18.4 Å². The molecule has 0 heterocycles. The summed E-state index contributed by atoms with van der Waals surface area (Å²) < 4.78 is 11.6. The third-order valence-electron chi connectivity index (χ3n) is 2.89. The van der Waals surface area contributed by atoms with Crippen molar-refractivity contribution in [2.24, 2.45) is 5.73 Å². The molecule has 1 atom stereocenters. The highest BCUT2D eigenvalue weighted by atomic mass is 79.9. The van der Waals surface area contributed by atoms with E-state index in [0.717, 1.165) is 28.6 Å². The molecule has 1 aromatic carbocycles. The molecule has 0 saturated heterocycles. The van der Waals surface area contributed by atoms with Gasteiger partial charge in [0.05, 0.1) is 13.2 Å². The van der Waals surface area contributed by atoms with Crippen LogP contribution in [0.25, 0.3) is 0 Å². The fraction of sp³-hybridized carbons (Fsp3) is 0.571. The highest BCUT2D eigenvalue weighted by Crippen LogP contribution is 2.26. The molecular formula is C14H23BrN2O2. The van der Waals surface area contributed by atoms with Gasteiger partial charge in [-0.1, -0.05) is 22.0 Å². The van der Waals surface area contributed by atoms with E-state index < -0.39 is 0 Å². The van der Waals surface area contributed by atoms with Crippen LogP contribution in [0, 0.1) is 0 Å². The van der Waals surface area contributed by atoms with Gasteiger partial charge in [-0.15, -0.1) is 0 Å². The Kier molecular flexibility index (Phi) is 8.05. The fourth-order valence-corrected chi connectivity index (χ4v) is 2.45. The van der Waals surface area contributed by atoms with Gasteiger partial charge in [0.15, 0.2) is 0 Å². The van der Waals surface area contributed by atoms with E-state index in [1.165, 1.54) is 0 Å². The summed E-state index contributed by atoms with van der Waals surface area (Å²) in [5.41, 5.74) is 7.77. The summed E-state index contributed by atoms with van der Waals surface area (Å²) in [5.74, 6) is 0. The molecule has 19 heavy (non-hydrogen) atoms. The molecule has 4 nitrogen and oxygen atoms in total. The maximum Gasteiger partial charge on any atom is 0.0744 e. The number of rotatable bonds is 9. The van der Waals surface area contributed by atoms with Crippen molar-refractivity contribution in [2.45, 2.75) is 25.5 Å². The van der Waals surface area contributed by atoms with Crippen molar-refractivity contribution in [3.63, 3.8) is 0 Å². The normalized spacial score (nSPS) is 12.4. The van der Waals surface area contributed by atoms with Gasteiger partial charge < -0.3 is 20.5 Å². The van der Waals surface area contributed by atoms with Gasteiger partial charge in [0.2, 0.25) is 0 Å². The molecule has 0 bridgehead atoms. The molecule has 3 N–H and O–H groups in total. The molecule has 108 valence electrons.